The summed E-state index contributed by atoms with van der Waals surface area (Å²) in [6.07, 6.45) is 3.84. The summed E-state index contributed by atoms with van der Waals surface area (Å²) >= 11 is 3.89. The molecule has 11 heteroatoms. The zero-order chi connectivity index (χ0) is 26.6. The highest BCUT2D eigenvalue weighted by atomic mass is 32.2. The van der Waals surface area contributed by atoms with Gasteiger partial charge in [-0.25, -0.2) is 4.79 Å². The summed E-state index contributed by atoms with van der Waals surface area (Å²) in [7, 11) is 0. The Bertz CT molecular complexity index is 1290. The van der Waals surface area contributed by atoms with Crippen LogP contribution in [0, 0.1) is 0 Å². The van der Waals surface area contributed by atoms with Gasteiger partial charge in [-0.2, -0.15) is 0 Å². The molecule has 3 aromatic rings. The fraction of sp³-hybridized carbons (Fsp3) is 0.423. The minimum absolute atomic E-state index is 0.00983. The van der Waals surface area contributed by atoms with Crippen molar-refractivity contribution < 1.29 is 19.1 Å². The van der Waals surface area contributed by atoms with Crippen molar-refractivity contribution in [3.05, 3.63) is 51.4 Å². The Morgan fingerprint density at radius 2 is 1.76 bits per heavy atom. The van der Waals surface area contributed by atoms with E-state index in [1.165, 1.54) is 34.4 Å². The lowest BCUT2D eigenvalue weighted by Gasteiger charge is -2.18. The van der Waals surface area contributed by atoms with Gasteiger partial charge in [-0.1, -0.05) is 56.0 Å². The number of anilines is 2. The second-order valence-corrected chi connectivity index (χ2v) is 12.9. The Morgan fingerprint density at radius 1 is 1.03 bits per heavy atom. The number of carbonyl (C=O) groups excluding carboxylic acids is 3. The largest absolute Gasteiger partial charge is 0.462 e. The van der Waals surface area contributed by atoms with Gasteiger partial charge in [0.05, 0.1) is 17.9 Å². The van der Waals surface area contributed by atoms with Crippen LogP contribution in [0.3, 0.4) is 0 Å². The van der Waals surface area contributed by atoms with Crippen LogP contribution in [0.1, 0.15) is 77.3 Å². The van der Waals surface area contributed by atoms with Crippen LogP contribution >= 0.6 is 34.4 Å². The van der Waals surface area contributed by atoms with Gasteiger partial charge in [0.15, 0.2) is 4.34 Å². The number of aryl methyl sites for hydroxylation is 1. The summed E-state index contributed by atoms with van der Waals surface area (Å²) in [5, 5.41) is 14.7. The van der Waals surface area contributed by atoms with Crippen LogP contribution in [-0.4, -0.2) is 40.3 Å². The molecule has 0 saturated heterocycles. The number of carbonyl (C=O) groups is 3. The highest BCUT2D eigenvalue weighted by Crippen LogP contribution is 2.39. The van der Waals surface area contributed by atoms with E-state index >= 15 is 0 Å². The van der Waals surface area contributed by atoms with E-state index in [9.17, 15) is 14.4 Å². The van der Waals surface area contributed by atoms with Crippen LogP contribution in [0.2, 0.25) is 0 Å². The van der Waals surface area contributed by atoms with Gasteiger partial charge in [-0.15, -0.1) is 21.5 Å². The fourth-order valence-electron chi connectivity index (χ4n) is 3.97. The number of nitrogens with zero attached hydrogens (tertiary/aromatic N) is 2. The zero-order valence-electron chi connectivity index (χ0n) is 21.3. The number of esters is 1. The third-order valence-electron chi connectivity index (χ3n) is 5.87. The summed E-state index contributed by atoms with van der Waals surface area (Å²) in [5.74, 6) is -0.794. The summed E-state index contributed by atoms with van der Waals surface area (Å²) < 4.78 is 5.81. The number of fused-ring (bicyclic) bond motifs is 1. The van der Waals surface area contributed by atoms with Crippen LogP contribution in [-0.2, 0) is 27.8 Å². The van der Waals surface area contributed by atoms with Crippen molar-refractivity contribution in [1.82, 2.24) is 10.2 Å². The molecule has 0 spiro atoms. The molecule has 2 N–H and O–H groups in total. The maximum absolute atomic E-state index is 12.7. The van der Waals surface area contributed by atoms with E-state index < -0.39 is 0 Å². The molecule has 0 fully saturated rings. The average molecular weight is 559 g/mol. The number of rotatable bonds is 8. The number of amides is 2. The van der Waals surface area contributed by atoms with Crippen molar-refractivity contribution >= 4 is 62.4 Å². The first kappa shape index (κ1) is 27.3. The molecule has 1 aliphatic rings. The Labute approximate surface area is 228 Å². The Balaban J connectivity index is 1.34. The van der Waals surface area contributed by atoms with Gasteiger partial charge in [0.2, 0.25) is 11.0 Å². The molecule has 2 aromatic heterocycles. The standard InChI is InChI=1S/C26H30N4O4S3/c1-5-34-23(33)20-17-8-6-7-9-18(17)36-22(20)27-19(31)14-35-25-30-29-24(37-25)28-21(32)15-10-12-16(13-11-15)26(2,3)4/h10-13H,5-9,14H2,1-4H3,(H,27,31)(H,28,29,32). The van der Waals surface area contributed by atoms with Crippen molar-refractivity contribution in [3.8, 4) is 0 Å². The maximum atomic E-state index is 12.7. The average Bonchev–Trinajstić information content (AvgIpc) is 3.46. The molecular formula is C26H30N4O4S3. The second-order valence-electron chi connectivity index (χ2n) is 9.63. The Kier molecular flexibility index (Phi) is 8.66. The van der Waals surface area contributed by atoms with Crippen molar-refractivity contribution in [3.63, 3.8) is 0 Å². The van der Waals surface area contributed by atoms with Crippen molar-refractivity contribution in [2.45, 2.75) is 63.1 Å². The molecule has 0 saturated carbocycles. The first-order chi connectivity index (χ1) is 17.7. The van der Waals surface area contributed by atoms with E-state index in [0.717, 1.165) is 41.7 Å². The quantitative estimate of drug-likeness (QED) is 0.200. The monoisotopic (exact) mass is 558 g/mol. The van der Waals surface area contributed by atoms with Crippen molar-refractivity contribution in [1.29, 1.82) is 0 Å². The molecule has 37 heavy (non-hydrogen) atoms. The summed E-state index contributed by atoms with van der Waals surface area (Å²) in [5.41, 5.74) is 3.20. The number of benzene rings is 1. The van der Waals surface area contributed by atoms with Crippen LogP contribution in [0.25, 0.3) is 0 Å². The molecule has 8 nitrogen and oxygen atoms in total. The lowest BCUT2D eigenvalue weighted by atomic mass is 9.87. The van der Waals surface area contributed by atoms with Crippen LogP contribution in [0.15, 0.2) is 28.6 Å². The van der Waals surface area contributed by atoms with E-state index in [2.05, 4.69) is 41.6 Å². The van der Waals surface area contributed by atoms with Gasteiger partial charge in [0.25, 0.3) is 5.91 Å². The predicted molar refractivity (Wildman–Crippen MR) is 149 cm³/mol. The minimum atomic E-state index is -0.387. The number of hydrogen-bond donors (Lipinski definition) is 2. The van der Waals surface area contributed by atoms with Crippen molar-refractivity contribution in [2.75, 3.05) is 23.0 Å². The van der Waals surface area contributed by atoms with E-state index in [1.54, 1.807) is 19.1 Å². The molecule has 0 radical (unpaired) electrons. The fourth-order valence-corrected chi connectivity index (χ4v) is 6.81. The van der Waals surface area contributed by atoms with Gasteiger partial charge in [-0.05, 0) is 61.3 Å². The smallest absolute Gasteiger partial charge is 0.341 e. The normalized spacial score (nSPS) is 13.1. The number of thiophene rings is 1. The van der Waals surface area contributed by atoms with E-state index in [-0.39, 0.29) is 35.6 Å². The summed E-state index contributed by atoms with van der Waals surface area (Å²) in [6.45, 7) is 8.42. The van der Waals surface area contributed by atoms with Gasteiger partial charge < -0.3 is 10.1 Å². The molecule has 1 aromatic carbocycles. The van der Waals surface area contributed by atoms with Crippen molar-refractivity contribution in [2.24, 2.45) is 0 Å². The molecule has 1 aliphatic carbocycles. The van der Waals surface area contributed by atoms with Gasteiger partial charge >= 0.3 is 5.97 Å². The highest BCUT2D eigenvalue weighted by Gasteiger charge is 2.27. The molecule has 0 atom stereocenters. The van der Waals surface area contributed by atoms with Crippen LogP contribution in [0.5, 0.6) is 0 Å². The summed E-state index contributed by atoms with van der Waals surface area (Å²) in [4.78, 5) is 39.0. The predicted octanol–water partition coefficient (Wildman–Crippen LogP) is 5.94. The van der Waals surface area contributed by atoms with Gasteiger partial charge in [0.1, 0.15) is 5.00 Å². The molecule has 0 bridgehead atoms. The molecule has 2 heterocycles. The molecular weight excluding hydrogens is 529 g/mol. The maximum Gasteiger partial charge on any atom is 0.341 e. The van der Waals surface area contributed by atoms with Gasteiger partial charge in [-0.3, -0.25) is 14.9 Å². The third kappa shape index (κ3) is 6.77. The molecule has 196 valence electrons. The number of thioether (sulfide) groups is 1. The summed E-state index contributed by atoms with van der Waals surface area (Å²) in [6, 6.07) is 7.49. The second kappa shape index (κ2) is 11.7. The number of hydrogen-bond acceptors (Lipinski definition) is 9. The third-order valence-corrected chi connectivity index (χ3v) is 9.05. The number of aromatic nitrogens is 2. The van der Waals surface area contributed by atoms with E-state index in [4.69, 9.17) is 4.74 Å². The lowest BCUT2D eigenvalue weighted by molar-refractivity contribution is -0.113. The van der Waals surface area contributed by atoms with E-state index in [1.807, 2.05) is 12.1 Å². The van der Waals surface area contributed by atoms with Crippen LogP contribution < -0.4 is 10.6 Å². The number of ether oxygens (including phenoxy) is 1. The highest BCUT2D eigenvalue weighted by molar-refractivity contribution is 8.01. The SMILES string of the molecule is CCOC(=O)c1c(NC(=O)CSc2nnc(NC(=O)c3ccc(C(C)(C)C)cc3)s2)sc2c1CCCC2. The zero-order valence-corrected chi connectivity index (χ0v) is 23.8. The van der Waals surface area contributed by atoms with Crippen LogP contribution in [0.4, 0.5) is 10.1 Å². The topological polar surface area (TPSA) is 110 Å². The van der Waals surface area contributed by atoms with Gasteiger partial charge in [0, 0.05) is 10.4 Å². The first-order valence-electron chi connectivity index (χ1n) is 12.2. The Morgan fingerprint density at radius 3 is 2.46 bits per heavy atom. The van der Waals surface area contributed by atoms with E-state index in [0.29, 0.717) is 25.6 Å². The molecule has 2 amide bonds. The number of nitrogens with one attached hydrogen (secondary N) is 2. The minimum Gasteiger partial charge on any atom is -0.462 e. The molecule has 4 rings (SSSR count). The Hall–Kier alpha value is -2.76. The first-order valence-corrected chi connectivity index (χ1v) is 14.8. The lowest BCUT2D eigenvalue weighted by Crippen LogP contribution is -2.17. The molecule has 0 aliphatic heterocycles. The molecule has 0 unspecified atom stereocenters.